The van der Waals surface area contributed by atoms with Gasteiger partial charge in [-0.1, -0.05) is 12.1 Å². The van der Waals surface area contributed by atoms with Crippen LogP contribution in [0.15, 0.2) is 65.0 Å². The van der Waals surface area contributed by atoms with Crippen molar-refractivity contribution in [3.8, 4) is 5.75 Å². The molecule has 170 valence electrons. The second-order valence-corrected chi connectivity index (χ2v) is 9.31. The number of sulfonamides is 1. The molecule has 1 aliphatic carbocycles. The van der Waals surface area contributed by atoms with Crippen LogP contribution in [0.25, 0.3) is 0 Å². The number of carbonyl (C=O) groups excluding carboxylic acids is 1. The maximum Gasteiger partial charge on any atom is 0.338 e. The summed E-state index contributed by atoms with van der Waals surface area (Å²) in [7, 11) is -2.53. The highest BCUT2D eigenvalue weighted by Crippen LogP contribution is 2.24. The van der Waals surface area contributed by atoms with Gasteiger partial charge in [-0.05, 0) is 73.4 Å². The minimum atomic E-state index is -3.79. The summed E-state index contributed by atoms with van der Waals surface area (Å²) >= 11 is 0. The number of nitrogens with one attached hydrogen (secondary N) is 1. The van der Waals surface area contributed by atoms with E-state index in [1.165, 1.54) is 25.3 Å². The van der Waals surface area contributed by atoms with E-state index < -0.39 is 16.0 Å². The lowest BCUT2D eigenvalue weighted by Crippen LogP contribution is -2.26. The van der Waals surface area contributed by atoms with Crippen molar-refractivity contribution < 1.29 is 27.1 Å². The molecule has 0 spiro atoms. The third-order valence-electron chi connectivity index (χ3n) is 5.29. The highest BCUT2D eigenvalue weighted by atomic mass is 32.2. The van der Waals surface area contributed by atoms with E-state index in [9.17, 15) is 17.6 Å². The summed E-state index contributed by atoms with van der Waals surface area (Å²) in [5.41, 5.74) is 2.53. The molecular formula is C24H26FNO5S. The Hall–Kier alpha value is -2.97. The first-order chi connectivity index (χ1) is 15.2. The van der Waals surface area contributed by atoms with Gasteiger partial charge >= 0.3 is 5.97 Å². The van der Waals surface area contributed by atoms with Crippen LogP contribution in [0.3, 0.4) is 0 Å². The van der Waals surface area contributed by atoms with Crippen molar-refractivity contribution in [3.05, 3.63) is 82.4 Å². The molecule has 0 radical (unpaired) electrons. The number of methoxy groups -OCH3 is 1. The zero-order chi connectivity index (χ0) is 23.3. The molecule has 0 aliphatic heterocycles. The molecule has 0 aromatic heterocycles. The summed E-state index contributed by atoms with van der Waals surface area (Å²) in [6.07, 6.45) is 4.36. The number of halogens is 1. The standard InChI is InChI=1S/C24H26FNO5S/c1-16-14-22(15-23(17(16)2)24(27)30-3)32(28,29)26-13-12-18-4-8-20(9-5-18)31-21-10-6-19(25)7-11-21/h4-6,8-10,14-15,26H,7,11-13H2,1-3H3. The van der Waals surface area contributed by atoms with E-state index in [0.717, 1.165) is 5.56 Å². The van der Waals surface area contributed by atoms with E-state index in [-0.39, 0.29) is 22.8 Å². The van der Waals surface area contributed by atoms with Gasteiger partial charge in [-0.2, -0.15) is 0 Å². The molecule has 0 fully saturated rings. The van der Waals surface area contributed by atoms with Gasteiger partial charge in [-0.3, -0.25) is 0 Å². The monoisotopic (exact) mass is 459 g/mol. The molecule has 0 unspecified atom stereocenters. The van der Waals surface area contributed by atoms with E-state index >= 15 is 0 Å². The first-order valence-corrected chi connectivity index (χ1v) is 11.7. The van der Waals surface area contributed by atoms with Crippen LogP contribution < -0.4 is 9.46 Å². The number of aryl methyl sites for hydroxylation is 1. The largest absolute Gasteiger partial charge is 0.465 e. The fourth-order valence-corrected chi connectivity index (χ4v) is 4.41. The minimum Gasteiger partial charge on any atom is -0.465 e. The minimum absolute atomic E-state index is 0.0241. The number of benzene rings is 2. The zero-order valence-electron chi connectivity index (χ0n) is 18.3. The van der Waals surface area contributed by atoms with Crippen LogP contribution in [0.2, 0.25) is 0 Å². The molecular weight excluding hydrogens is 433 g/mol. The lowest BCUT2D eigenvalue weighted by atomic mass is 10.0. The first kappa shape index (κ1) is 23.7. The third-order valence-corrected chi connectivity index (χ3v) is 6.74. The molecule has 2 aromatic carbocycles. The second-order valence-electron chi connectivity index (χ2n) is 7.54. The molecule has 8 heteroatoms. The van der Waals surface area contributed by atoms with Crippen LogP contribution in [0.4, 0.5) is 4.39 Å². The SMILES string of the molecule is COC(=O)c1cc(S(=O)(=O)NCCc2ccc(OC3=CC=C(F)CC3)cc2)cc(C)c1C. The van der Waals surface area contributed by atoms with Crippen molar-refractivity contribution in [1.82, 2.24) is 4.72 Å². The van der Waals surface area contributed by atoms with Crippen molar-refractivity contribution in [2.75, 3.05) is 13.7 Å². The summed E-state index contributed by atoms with van der Waals surface area (Å²) < 4.78 is 51.6. The molecule has 0 bridgehead atoms. The number of rotatable bonds is 8. The summed E-state index contributed by atoms with van der Waals surface area (Å²) in [6, 6.07) is 10.2. The normalized spacial score (nSPS) is 13.9. The van der Waals surface area contributed by atoms with E-state index in [0.29, 0.717) is 41.9 Å². The molecule has 32 heavy (non-hydrogen) atoms. The summed E-state index contributed by atoms with van der Waals surface area (Å²) in [6.45, 7) is 3.69. The van der Waals surface area contributed by atoms with Crippen LogP contribution >= 0.6 is 0 Å². The van der Waals surface area contributed by atoms with Crippen molar-refractivity contribution in [2.45, 2.75) is 38.0 Å². The molecule has 0 heterocycles. The van der Waals surface area contributed by atoms with Crippen LogP contribution in [-0.4, -0.2) is 28.0 Å². The first-order valence-electron chi connectivity index (χ1n) is 10.2. The Kier molecular flexibility index (Phi) is 7.48. The van der Waals surface area contributed by atoms with Crippen LogP contribution in [-0.2, 0) is 21.2 Å². The Bertz CT molecular complexity index is 1170. The molecule has 0 amide bonds. The van der Waals surface area contributed by atoms with Crippen LogP contribution in [0.1, 0.15) is 39.9 Å². The van der Waals surface area contributed by atoms with Gasteiger partial charge in [0.2, 0.25) is 10.0 Å². The fourth-order valence-electron chi connectivity index (χ4n) is 3.27. The molecule has 3 rings (SSSR count). The number of allylic oxidation sites excluding steroid dienone is 4. The summed E-state index contributed by atoms with van der Waals surface area (Å²) in [5, 5.41) is 0. The molecule has 2 aromatic rings. The van der Waals surface area contributed by atoms with Crippen molar-refractivity contribution in [2.24, 2.45) is 0 Å². The quantitative estimate of drug-likeness (QED) is 0.587. The number of esters is 1. The molecule has 0 saturated carbocycles. The van der Waals surface area contributed by atoms with Gasteiger partial charge in [0.15, 0.2) is 0 Å². The third kappa shape index (κ3) is 5.83. The fraction of sp³-hybridized carbons (Fsp3) is 0.292. The van der Waals surface area contributed by atoms with E-state index in [2.05, 4.69) is 4.72 Å². The van der Waals surface area contributed by atoms with Crippen LogP contribution in [0, 0.1) is 13.8 Å². The number of hydrogen-bond acceptors (Lipinski definition) is 5. The molecule has 0 saturated heterocycles. The summed E-state index contributed by atoms with van der Waals surface area (Å²) in [5.74, 6) is 0.612. The number of hydrogen-bond donors (Lipinski definition) is 1. The predicted molar refractivity (Wildman–Crippen MR) is 120 cm³/mol. The smallest absolute Gasteiger partial charge is 0.338 e. The van der Waals surface area contributed by atoms with Crippen molar-refractivity contribution in [3.63, 3.8) is 0 Å². The van der Waals surface area contributed by atoms with Crippen LogP contribution in [0.5, 0.6) is 5.75 Å². The van der Waals surface area contributed by atoms with Gasteiger partial charge in [0.05, 0.1) is 17.6 Å². The number of ether oxygens (including phenoxy) is 2. The molecule has 1 N–H and O–H groups in total. The maximum atomic E-state index is 13.1. The average Bonchev–Trinajstić information content (AvgIpc) is 2.77. The topological polar surface area (TPSA) is 81.7 Å². The van der Waals surface area contributed by atoms with Gasteiger partial charge in [0.25, 0.3) is 0 Å². The van der Waals surface area contributed by atoms with E-state index in [1.54, 1.807) is 32.1 Å². The maximum absolute atomic E-state index is 13.1. The Morgan fingerprint density at radius 3 is 2.44 bits per heavy atom. The predicted octanol–water partition coefficient (Wildman–Crippen LogP) is 4.52. The molecule has 6 nitrogen and oxygen atoms in total. The van der Waals surface area contributed by atoms with Gasteiger partial charge in [0, 0.05) is 19.4 Å². The Labute approximate surface area is 187 Å². The van der Waals surface area contributed by atoms with Gasteiger partial charge in [-0.25, -0.2) is 22.3 Å². The van der Waals surface area contributed by atoms with E-state index in [1.807, 2.05) is 12.1 Å². The zero-order valence-corrected chi connectivity index (χ0v) is 19.1. The highest BCUT2D eigenvalue weighted by Gasteiger charge is 2.20. The second kappa shape index (κ2) is 10.1. The van der Waals surface area contributed by atoms with E-state index in [4.69, 9.17) is 9.47 Å². The average molecular weight is 460 g/mol. The Balaban J connectivity index is 1.61. The highest BCUT2D eigenvalue weighted by molar-refractivity contribution is 7.89. The lowest BCUT2D eigenvalue weighted by Gasteiger charge is -2.13. The van der Waals surface area contributed by atoms with Gasteiger partial charge < -0.3 is 9.47 Å². The van der Waals surface area contributed by atoms with Gasteiger partial charge in [0.1, 0.15) is 17.3 Å². The molecule has 1 aliphatic rings. The summed E-state index contributed by atoms with van der Waals surface area (Å²) in [4.78, 5) is 12.0. The lowest BCUT2D eigenvalue weighted by molar-refractivity contribution is 0.0599. The van der Waals surface area contributed by atoms with Gasteiger partial charge in [-0.15, -0.1) is 0 Å². The Morgan fingerprint density at radius 2 is 1.81 bits per heavy atom. The van der Waals surface area contributed by atoms with Crippen molar-refractivity contribution in [1.29, 1.82) is 0 Å². The Morgan fingerprint density at radius 1 is 1.09 bits per heavy atom. The van der Waals surface area contributed by atoms with Crippen molar-refractivity contribution >= 4 is 16.0 Å². The molecule has 0 atom stereocenters. The number of carbonyl (C=O) groups is 1.